The second-order valence-corrected chi connectivity index (χ2v) is 11.2. The van der Waals surface area contributed by atoms with E-state index in [4.69, 9.17) is 15.2 Å². The summed E-state index contributed by atoms with van der Waals surface area (Å²) >= 11 is 0. The molecule has 3 aromatic heterocycles. The van der Waals surface area contributed by atoms with Crippen LogP contribution in [0, 0.1) is 5.41 Å². The molecular formula is C28H38N8O4. The first-order chi connectivity index (χ1) is 19.2. The number of amides is 2. The number of ether oxygens (including phenoxy) is 2. The number of aromatic nitrogens is 4. The first-order valence-corrected chi connectivity index (χ1v) is 13.8. The third-order valence-corrected chi connectivity index (χ3v) is 7.80. The zero-order chi connectivity index (χ0) is 28.3. The summed E-state index contributed by atoms with van der Waals surface area (Å²) in [6.45, 7) is 7.84. The van der Waals surface area contributed by atoms with E-state index in [9.17, 15) is 9.59 Å². The van der Waals surface area contributed by atoms with Crippen molar-refractivity contribution < 1.29 is 19.1 Å². The van der Waals surface area contributed by atoms with Gasteiger partial charge in [-0.3, -0.25) is 14.5 Å². The summed E-state index contributed by atoms with van der Waals surface area (Å²) in [5.41, 5.74) is 8.03. The minimum atomic E-state index is -0.489. The predicted octanol–water partition coefficient (Wildman–Crippen LogP) is 1.90. The molecule has 5 rings (SSSR count). The third-order valence-electron chi connectivity index (χ3n) is 7.80. The molecule has 0 unspecified atom stereocenters. The van der Waals surface area contributed by atoms with Crippen LogP contribution in [0.2, 0.25) is 0 Å². The number of nitrogens with two attached hydrogens (primary N) is 1. The molecule has 0 atom stereocenters. The Bertz CT molecular complexity index is 1360. The van der Waals surface area contributed by atoms with Crippen LogP contribution in [-0.2, 0) is 9.53 Å². The number of fused-ring (bicyclic) bond motifs is 1. The van der Waals surface area contributed by atoms with Crippen molar-refractivity contribution in [3.8, 4) is 17.1 Å². The first-order valence-electron chi connectivity index (χ1n) is 13.8. The Balaban J connectivity index is 1.22. The monoisotopic (exact) mass is 550 g/mol. The highest BCUT2D eigenvalue weighted by Crippen LogP contribution is 2.30. The molecule has 0 spiro atoms. The summed E-state index contributed by atoms with van der Waals surface area (Å²) in [7, 11) is 1.55. The molecule has 2 aliphatic rings. The van der Waals surface area contributed by atoms with Crippen LogP contribution in [-0.4, -0.2) is 88.3 Å². The lowest BCUT2D eigenvalue weighted by atomic mass is 9.87. The molecule has 2 amide bonds. The van der Waals surface area contributed by atoms with Gasteiger partial charge in [0.25, 0.3) is 5.91 Å². The number of nitrogens with one attached hydrogen (secondary N) is 2. The zero-order valence-corrected chi connectivity index (χ0v) is 23.4. The molecule has 1 aliphatic carbocycles. The van der Waals surface area contributed by atoms with Crippen molar-refractivity contribution in [2.24, 2.45) is 5.41 Å². The van der Waals surface area contributed by atoms with E-state index in [0.717, 1.165) is 44.3 Å². The fourth-order valence-corrected chi connectivity index (χ4v) is 5.54. The van der Waals surface area contributed by atoms with E-state index in [1.807, 2.05) is 19.9 Å². The average Bonchev–Trinajstić information content (AvgIpc) is 3.36. The predicted molar refractivity (Wildman–Crippen MR) is 150 cm³/mol. The van der Waals surface area contributed by atoms with E-state index in [-0.39, 0.29) is 29.7 Å². The van der Waals surface area contributed by atoms with Gasteiger partial charge in [-0.1, -0.05) is 0 Å². The van der Waals surface area contributed by atoms with Gasteiger partial charge in [0.2, 0.25) is 11.8 Å². The molecule has 1 saturated heterocycles. The average molecular weight is 551 g/mol. The van der Waals surface area contributed by atoms with Gasteiger partial charge < -0.3 is 25.8 Å². The normalized spacial score (nSPS) is 20.3. The van der Waals surface area contributed by atoms with Crippen LogP contribution in [0.5, 0.6) is 5.88 Å². The lowest BCUT2D eigenvalue weighted by molar-refractivity contribution is -0.132. The van der Waals surface area contributed by atoms with Crippen LogP contribution in [0.4, 0.5) is 5.82 Å². The summed E-state index contributed by atoms with van der Waals surface area (Å²) in [5, 5.41) is 10.8. The van der Waals surface area contributed by atoms with E-state index in [2.05, 4.69) is 30.6 Å². The highest BCUT2D eigenvalue weighted by atomic mass is 16.5. The quantitative estimate of drug-likeness (QED) is 0.382. The summed E-state index contributed by atoms with van der Waals surface area (Å²) in [4.78, 5) is 37.1. The summed E-state index contributed by atoms with van der Waals surface area (Å²) < 4.78 is 12.3. The van der Waals surface area contributed by atoms with Crippen molar-refractivity contribution in [2.45, 2.75) is 51.6 Å². The first kappa shape index (κ1) is 27.8. The standard InChI is InChI=1S/C28H38N8O4/c1-28(2,16-35-10-12-40-13-11-35)27(38)34-20-6-4-19(5-7-20)33-26(37)21-15-22(18-8-9-30-23(14-18)39-3)36-24(21)25(29)31-17-32-36/h8-9,14-15,17,19-20H,4-7,10-13,16H2,1-3H3,(H,33,37)(H,34,38)(H2,29,31,32)/t19-,20-. The molecule has 40 heavy (non-hydrogen) atoms. The van der Waals surface area contributed by atoms with Crippen molar-refractivity contribution in [3.63, 3.8) is 0 Å². The van der Waals surface area contributed by atoms with Gasteiger partial charge in [-0.2, -0.15) is 5.10 Å². The number of nitrogen functional groups attached to an aromatic ring is 1. The van der Waals surface area contributed by atoms with Crippen LogP contribution in [0.3, 0.4) is 0 Å². The highest BCUT2D eigenvalue weighted by molar-refractivity contribution is 6.05. The molecule has 2 fully saturated rings. The topological polar surface area (TPSA) is 149 Å². The van der Waals surface area contributed by atoms with Crippen molar-refractivity contribution in [1.29, 1.82) is 0 Å². The number of anilines is 1. The maximum atomic E-state index is 13.5. The van der Waals surface area contributed by atoms with Crippen LogP contribution >= 0.6 is 0 Å². The minimum Gasteiger partial charge on any atom is -0.481 e. The van der Waals surface area contributed by atoms with Gasteiger partial charge in [0.1, 0.15) is 11.8 Å². The van der Waals surface area contributed by atoms with E-state index >= 15 is 0 Å². The highest BCUT2D eigenvalue weighted by Gasteiger charge is 2.33. The lowest BCUT2D eigenvalue weighted by Gasteiger charge is -2.36. The molecule has 12 heteroatoms. The number of methoxy groups -OCH3 is 1. The molecule has 0 aromatic carbocycles. The smallest absolute Gasteiger partial charge is 0.253 e. The fourth-order valence-electron chi connectivity index (χ4n) is 5.54. The molecule has 1 aliphatic heterocycles. The largest absolute Gasteiger partial charge is 0.481 e. The van der Waals surface area contributed by atoms with Gasteiger partial charge in [0.15, 0.2) is 5.82 Å². The number of morpholine rings is 1. The van der Waals surface area contributed by atoms with Gasteiger partial charge in [-0.15, -0.1) is 0 Å². The van der Waals surface area contributed by atoms with Crippen LogP contribution in [0.25, 0.3) is 16.8 Å². The Kier molecular flexibility index (Phi) is 8.17. The number of carbonyl (C=O) groups is 2. The molecule has 1 saturated carbocycles. The van der Waals surface area contributed by atoms with Crippen LogP contribution in [0.1, 0.15) is 49.9 Å². The number of rotatable bonds is 8. The number of nitrogens with zero attached hydrogens (tertiary/aromatic N) is 5. The van der Waals surface area contributed by atoms with Crippen LogP contribution < -0.4 is 21.1 Å². The third kappa shape index (κ3) is 6.02. The Morgan fingerprint density at radius 3 is 2.50 bits per heavy atom. The van der Waals surface area contributed by atoms with Gasteiger partial charge in [-0.25, -0.2) is 14.5 Å². The molecule has 0 bridgehead atoms. The maximum absolute atomic E-state index is 13.5. The molecule has 3 aromatic rings. The van der Waals surface area contributed by atoms with Crippen molar-refractivity contribution in [1.82, 2.24) is 35.1 Å². The zero-order valence-electron chi connectivity index (χ0n) is 23.4. The molecule has 0 radical (unpaired) electrons. The minimum absolute atomic E-state index is 0.00714. The number of hydrogen-bond acceptors (Lipinski definition) is 9. The van der Waals surface area contributed by atoms with Gasteiger partial charge >= 0.3 is 0 Å². The Morgan fingerprint density at radius 2 is 1.80 bits per heavy atom. The van der Waals surface area contributed by atoms with Crippen LogP contribution in [0.15, 0.2) is 30.7 Å². The number of carbonyl (C=O) groups excluding carboxylic acids is 2. The number of hydrogen-bond donors (Lipinski definition) is 3. The number of pyridine rings is 1. The van der Waals surface area contributed by atoms with E-state index in [1.54, 1.807) is 30.0 Å². The molecular weight excluding hydrogens is 512 g/mol. The molecule has 4 heterocycles. The molecule has 214 valence electrons. The molecule has 4 N–H and O–H groups in total. The Labute approximate surface area is 233 Å². The summed E-state index contributed by atoms with van der Waals surface area (Å²) in [5.74, 6) is 0.514. The maximum Gasteiger partial charge on any atom is 0.253 e. The van der Waals surface area contributed by atoms with Crippen molar-refractivity contribution >= 4 is 23.1 Å². The second kappa shape index (κ2) is 11.8. The van der Waals surface area contributed by atoms with Crippen molar-refractivity contribution in [3.05, 3.63) is 36.3 Å². The molecule has 12 nitrogen and oxygen atoms in total. The summed E-state index contributed by atoms with van der Waals surface area (Å²) in [6.07, 6.45) is 6.14. The Hall–Kier alpha value is -3.77. The van der Waals surface area contributed by atoms with Gasteiger partial charge in [0.05, 0.1) is 37.0 Å². The fraction of sp³-hybridized carbons (Fsp3) is 0.536. The van der Waals surface area contributed by atoms with E-state index in [0.29, 0.717) is 42.4 Å². The van der Waals surface area contributed by atoms with E-state index < -0.39 is 5.41 Å². The SMILES string of the molecule is COc1cc(-c2cc(C(=O)N[C@H]3CC[C@H](NC(=O)C(C)(C)CN4CCOCC4)CC3)c3c(N)ncnn23)ccn1. The second-order valence-electron chi connectivity index (χ2n) is 11.2. The van der Waals surface area contributed by atoms with Gasteiger partial charge in [-0.05, 0) is 51.7 Å². The Morgan fingerprint density at radius 1 is 1.10 bits per heavy atom. The van der Waals surface area contributed by atoms with Gasteiger partial charge in [0, 0.05) is 49.5 Å². The lowest BCUT2D eigenvalue weighted by Crippen LogP contribution is -2.51. The van der Waals surface area contributed by atoms with Crippen molar-refractivity contribution in [2.75, 3.05) is 45.7 Å². The van der Waals surface area contributed by atoms with E-state index in [1.165, 1.54) is 6.33 Å². The summed E-state index contributed by atoms with van der Waals surface area (Å²) in [6, 6.07) is 5.46.